The summed E-state index contributed by atoms with van der Waals surface area (Å²) in [5, 5.41) is 0. The van der Waals surface area contributed by atoms with Gasteiger partial charge in [0.2, 0.25) is 0 Å². The average molecular weight is 368 g/mol. The van der Waals surface area contributed by atoms with Crippen LogP contribution in [0.3, 0.4) is 0 Å². The minimum Gasteiger partial charge on any atom is -0.378 e. The summed E-state index contributed by atoms with van der Waals surface area (Å²) in [6.45, 7) is 8.18. The van der Waals surface area contributed by atoms with Crippen LogP contribution >= 0.6 is 15.9 Å². The number of carbonyl (C=O) groups excluding carboxylic acids is 1. The molecule has 6 heteroatoms. The fourth-order valence-corrected chi connectivity index (χ4v) is 3.18. The third-order valence-corrected chi connectivity index (χ3v) is 5.23. The van der Waals surface area contributed by atoms with Crippen LogP contribution in [0.4, 0.5) is 10.5 Å². The second-order valence-electron chi connectivity index (χ2n) is 5.79. The fraction of sp³-hybridized carbons (Fsp3) is 0.562. The number of urea groups is 1. The van der Waals surface area contributed by atoms with E-state index < -0.39 is 0 Å². The molecule has 0 spiro atoms. The molecule has 2 saturated heterocycles. The first-order chi connectivity index (χ1) is 10.6. The molecule has 0 aliphatic carbocycles. The molecule has 0 N–H and O–H groups in total. The van der Waals surface area contributed by atoms with Crippen LogP contribution in [0.5, 0.6) is 0 Å². The number of hydrogen-bond acceptors (Lipinski definition) is 3. The van der Waals surface area contributed by atoms with E-state index in [1.165, 1.54) is 11.3 Å². The van der Waals surface area contributed by atoms with Gasteiger partial charge in [-0.2, -0.15) is 0 Å². The molecule has 22 heavy (non-hydrogen) atoms. The van der Waals surface area contributed by atoms with Crippen molar-refractivity contribution in [3.05, 3.63) is 28.2 Å². The van der Waals surface area contributed by atoms with Crippen molar-refractivity contribution in [2.24, 2.45) is 0 Å². The number of nitrogens with zero attached hydrogens (tertiary/aromatic N) is 3. The molecule has 0 radical (unpaired) electrons. The van der Waals surface area contributed by atoms with Gasteiger partial charge in [0.05, 0.1) is 13.2 Å². The zero-order chi connectivity index (χ0) is 15.5. The molecule has 2 aliphatic heterocycles. The summed E-state index contributed by atoms with van der Waals surface area (Å²) in [6, 6.07) is 6.59. The van der Waals surface area contributed by atoms with Gasteiger partial charge in [-0.15, -0.1) is 0 Å². The van der Waals surface area contributed by atoms with Gasteiger partial charge in [0.25, 0.3) is 0 Å². The Kier molecular flexibility index (Phi) is 4.88. The molecule has 0 saturated carbocycles. The number of hydrogen-bond donors (Lipinski definition) is 0. The molecule has 3 rings (SSSR count). The smallest absolute Gasteiger partial charge is 0.320 e. The topological polar surface area (TPSA) is 36.0 Å². The van der Waals surface area contributed by atoms with Crippen LogP contribution in [-0.4, -0.2) is 68.3 Å². The second-order valence-corrected chi connectivity index (χ2v) is 6.64. The highest BCUT2D eigenvalue weighted by atomic mass is 79.9. The van der Waals surface area contributed by atoms with Crippen molar-refractivity contribution in [2.45, 2.75) is 6.92 Å². The first-order valence-electron chi connectivity index (χ1n) is 7.78. The van der Waals surface area contributed by atoms with Gasteiger partial charge in [-0.05, 0) is 30.7 Å². The van der Waals surface area contributed by atoms with E-state index in [0.717, 1.165) is 30.7 Å². The van der Waals surface area contributed by atoms with Crippen LogP contribution in [-0.2, 0) is 4.74 Å². The maximum Gasteiger partial charge on any atom is 0.320 e. The van der Waals surface area contributed by atoms with Crippen molar-refractivity contribution in [3.63, 3.8) is 0 Å². The Hall–Kier alpha value is -1.27. The summed E-state index contributed by atoms with van der Waals surface area (Å²) in [4.78, 5) is 18.7. The predicted molar refractivity (Wildman–Crippen MR) is 90.5 cm³/mol. The molecule has 1 aromatic carbocycles. The lowest BCUT2D eigenvalue weighted by molar-refractivity contribution is 0.0428. The normalized spacial score (nSPS) is 19.5. The average Bonchev–Trinajstić information content (AvgIpc) is 2.58. The van der Waals surface area contributed by atoms with Crippen molar-refractivity contribution in [2.75, 3.05) is 57.4 Å². The lowest BCUT2D eigenvalue weighted by Crippen LogP contribution is -2.54. The molecule has 0 unspecified atom stereocenters. The number of halogens is 1. The monoisotopic (exact) mass is 367 g/mol. The number of ether oxygens (including phenoxy) is 1. The van der Waals surface area contributed by atoms with Crippen LogP contribution in [0, 0.1) is 6.92 Å². The first kappa shape index (κ1) is 15.6. The number of morpholine rings is 1. The Morgan fingerprint density at radius 3 is 2.32 bits per heavy atom. The van der Waals surface area contributed by atoms with Crippen LogP contribution < -0.4 is 4.90 Å². The van der Waals surface area contributed by atoms with Gasteiger partial charge in [-0.1, -0.05) is 15.9 Å². The molecule has 0 atom stereocenters. The highest BCUT2D eigenvalue weighted by Crippen LogP contribution is 2.24. The van der Waals surface area contributed by atoms with Gasteiger partial charge in [0.15, 0.2) is 0 Å². The molecule has 0 aromatic heterocycles. The number of rotatable bonds is 1. The molecule has 0 bridgehead atoms. The molecule has 1 aromatic rings. The van der Waals surface area contributed by atoms with Gasteiger partial charge in [-0.25, -0.2) is 4.79 Å². The van der Waals surface area contributed by atoms with Gasteiger partial charge in [0, 0.05) is 49.4 Å². The van der Waals surface area contributed by atoms with Gasteiger partial charge < -0.3 is 19.4 Å². The largest absolute Gasteiger partial charge is 0.378 e. The van der Waals surface area contributed by atoms with Gasteiger partial charge >= 0.3 is 6.03 Å². The minimum absolute atomic E-state index is 0.162. The quantitative estimate of drug-likeness (QED) is 0.764. The molecule has 120 valence electrons. The van der Waals surface area contributed by atoms with E-state index in [1.54, 1.807) is 0 Å². The summed E-state index contributed by atoms with van der Waals surface area (Å²) >= 11 is 3.54. The highest BCUT2D eigenvalue weighted by molar-refractivity contribution is 9.10. The maximum atomic E-state index is 12.5. The van der Waals surface area contributed by atoms with E-state index in [9.17, 15) is 4.79 Å². The van der Waals surface area contributed by atoms with Crippen LogP contribution in [0.1, 0.15) is 5.56 Å². The van der Waals surface area contributed by atoms with E-state index in [4.69, 9.17) is 4.74 Å². The molecule has 2 aliphatic rings. The number of aryl methyl sites for hydroxylation is 1. The van der Waals surface area contributed by atoms with E-state index in [1.807, 2.05) is 9.80 Å². The fourth-order valence-electron chi connectivity index (χ4n) is 2.94. The third kappa shape index (κ3) is 3.38. The molecule has 2 heterocycles. The minimum atomic E-state index is 0.162. The Balaban J connectivity index is 1.57. The lowest BCUT2D eigenvalue weighted by Gasteiger charge is -2.39. The van der Waals surface area contributed by atoms with Crippen LogP contribution in [0.25, 0.3) is 0 Å². The molecule has 5 nitrogen and oxygen atoms in total. The zero-order valence-electron chi connectivity index (χ0n) is 12.9. The first-order valence-corrected chi connectivity index (χ1v) is 8.57. The SMILES string of the molecule is Cc1cc(N2CCN(C(=O)N3CCOCC3)CC2)ccc1Br. The van der Waals surface area contributed by atoms with Crippen molar-refractivity contribution in [3.8, 4) is 0 Å². The predicted octanol–water partition coefficient (Wildman–Crippen LogP) is 2.33. The Bertz CT molecular complexity index is 538. The summed E-state index contributed by atoms with van der Waals surface area (Å²) < 4.78 is 6.44. The summed E-state index contributed by atoms with van der Waals surface area (Å²) in [5.74, 6) is 0. The third-order valence-electron chi connectivity index (χ3n) is 4.34. The van der Waals surface area contributed by atoms with Gasteiger partial charge in [-0.3, -0.25) is 0 Å². The number of carbonyl (C=O) groups is 1. The van der Waals surface area contributed by atoms with Crippen molar-refractivity contribution in [1.29, 1.82) is 0 Å². The number of anilines is 1. The number of amides is 2. The molecular formula is C16H22BrN3O2. The Labute approximate surface area is 139 Å². The summed E-state index contributed by atoms with van der Waals surface area (Å²) in [7, 11) is 0. The van der Waals surface area contributed by atoms with Crippen molar-refractivity contribution in [1.82, 2.24) is 9.80 Å². The highest BCUT2D eigenvalue weighted by Gasteiger charge is 2.26. The second kappa shape index (κ2) is 6.87. The lowest BCUT2D eigenvalue weighted by atomic mass is 10.2. The Morgan fingerprint density at radius 2 is 1.68 bits per heavy atom. The van der Waals surface area contributed by atoms with Crippen LogP contribution in [0.2, 0.25) is 0 Å². The van der Waals surface area contributed by atoms with Crippen LogP contribution in [0.15, 0.2) is 22.7 Å². The standard InChI is InChI=1S/C16H22BrN3O2/c1-13-12-14(2-3-15(13)17)18-4-6-19(7-5-18)16(21)20-8-10-22-11-9-20/h2-3,12H,4-11H2,1H3. The number of piperazine rings is 1. The van der Waals surface area contributed by atoms with E-state index >= 15 is 0 Å². The summed E-state index contributed by atoms with van der Waals surface area (Å²) in [5.41, 5.74) is 2.48. The van der Waals surface area contributed by atoms with E-state index in [0.29, 0.717) is 26.3 Å². The van der Waals surface area contributed by atoms with Gasteiger partial charge in [0.1, 0.15) is 0 Å². The molecular weight excluding hydrogens is 346 g/mol. The maximum absolute atomic E-state index is 12.5. The zero-order valence-corrected chi connectivity index (χ0v) is 14.5. The number of benzene rings is 1. The Morgan fingerprint density at radius 1 is 1.05 bits per heavy atom. The molecule has 2 fully saturated rings. The van der Waals surface area contributed by atoms with E-state index in [2.05, 4.69) is 46.0 Å². The molecule has 2 amide bonds. The van der Waals surface area contributed by atoms with Crippen molar-refractivity contribution < 1.29 is 9.53 Å². The summed E-state index contributed by atoms with van der Waals surface area (Å²) in [6.07, 6.45) is 0. The van der Waals surface area contributed by atoms with E-state index in [-0.39, 0.29) is 6.03 Å². The van der Waals surface area contributed by atoms with Crippen molar-refractivity contribution >= 4 is 27.6 Å².